The summed E-state index contributed by atoms with van der Waals surface area (Å²) >= 11 is 0. The minimum atomic E-state index is -0.784. The van der Waals surface area contributed by atoms with Gasteiger partial charge in [-0.2, -0.15) is 0 Å². The van der Waals surface area contributed by atoms with E-state index in [4.69, 9.17) is 0 Å². The second-order valence-corrected chi connectivity index (χ2v) is 5.43. The summed E-state index contributed by atoms with van der Waals surface area (Å²) in [4.78, 5) is 13.5. The zero-order chi connectivity index (χ0) is 13.5. The third-order valence-corrected chi connectivity index (χ3v) is 2.93. The third-order valence-electron chi connectivity index (χ3n) is 2.93. The number of nitrogens with one attached hydrogen (secondary N) is 1. The fourth-order valence-corrected chi connectivity index (χ4v) is 2.08. The molecule has 4 nitrogen and oxygen atoms in total. The van der Waals surface area contributed by atoms with Crippen LogP contribution < -0.4 is 5.32 Å². The number of aliphatic carboxylic acids is 1. The highest BCUT2D eigenvalue weighted by molar-refractivity contribution is 5.78. The average Bonchev–Trinajstić information content (AvgIpc) is 2.16. The van der Waals surface area contributed by atoms with Gasteiger partial charge in [-0.15, -0.1) is 0 Å². The molecule has 0 aliphatic heterocycles. The number of carboxylic acids is 1. The fourth-order valence-electron chi connectivity index (χ4n) is 2.08. The van der Waals surface area contributed by atoms with E-state index in [2.05, 4.69) is 31.1 Å². The van der Waals surface area contributed by atoms with Gasteiger partial charge in [-0.1, -0.05) is 20.8 Å². The monoisotopic (exact) mass is 244 g/mol. The maximum atomic E-state index is 11.2. The first-order chi connectivity index (χ1) is 7.81. The van der Waals surface area contributed by atoms with Gasteiger partial charge in [0.05, 0.1) is 0 Å². The lowest BCUT2D eigenvalue weighted by molar-refractivity contribution is -0.144. The molecule has 0 spiro atoms. The van der Waals surface area contributed by atoms with Crippen molar-refractivity contribution in [1.29, 1.82) is 0 Å². The highest BCUT2D eigenvalue weighted by Gasteiger charge is 2.31. The van der Waals surface area contributed by atoms with E-state index in [0.29, 0.717) is 18.9 Å². The number of carboxylic acid groups (broad SMARTS) is 1. The van der Waals surface area contributed by atoms with E-state index in [1.54, 1.807) is 6.92 Å². The van der Waals surface area contributed by atoms with Gasteiger partial charge in [0.2, 0.25) is 0 Å². The minimum Gasteiger partial charge on any atom is -0.480 e. The lowest BCUT2D eigenvalue weighted by Crippen LogP contribution is -2.49. The molecule has 2 N–H and O–H groups in total. The Kier molecular flexibility index (Phi) is 7.39. The lowest BCUT2D eigenvalue weighted by Gasteiger charge is -2.27. The predicted octanol–water partition coefficient (Wildman–Crippen LogP) is 1.81. The van der Waals surface area contributed by atoms with Gasteiger partial charge in [-0.05, 0) is 45.8 Å². The van der Waals surface area contributed by atoms with E-state index in [1.807, 2.05) is 6.92 Å². The highest BCUT2D eigenvalue weighted by atomic mass is 16.4. The summed E-state index contributed by atoms with van der Waals surface area (Å²) in [6.07, 6.45) is 1.57. The largest absolute Gasteiger partial charge is 0.480 e. The molecule has 0 aromatic carbocycles. The molecule has 0 heterocycles. The van der Waals surface area contributed by atoms with Crippen molar-refractivity contribution in [1.82, 2.24) is 10.2 Å². The van der Waals surface area contributed by atoms with Crippen LogP contribution in [0.3, 0.4) is 0 Å². The number of nitrogens with zero attached hydrogens (tertiary/aromatic N) is 1. The van der Waals surface area contributed by atoms with Crippen molar-refractivity contribution in [3.63, 3.8) is 0 Å². The maximum Gasteiger partial charge on any atom is 0.323 e. The van der Waals surface area contributed by atoms with Crippen LogP contribution in [0.15, 0.2) is 0 Å². The van der Waals surface area contributed by atoms with Crippen molar-refractivity contribution >= 4 is 5.97 Å². The van der Waals surface area contributed by atoms with Crippen LogP contribution in [0.5, 0.6) is 0 Å². The molecule has 0 bridgehead atoms. The Balaban J connectivity index is 4.02. The molecule has 0 rings (SSSR count). The number of carbonyl (C=O) groups is 1. The molecule has 0 aromatic rings. The Labute approximate surface area is 105 Å². The molecule has 0 aliphatic rings. The van der Waals surface area contributed by atoms with Gasteiger partial charge in [-0.25, -0.2) is 0 Å². The number of hydrogen-bond acceptors (Lipinski definition) is 3. The topological polar surface area (TPSA) is 52.6 Å². The summed E-state index contributed by atoms with van der Waals surface area (Å²) < 4.78 is 0. The molecule has 102 valence electrons. The summed E-state index contributed by atoms with van der Waals surface area (Å²) in [6, 6.07) is 0. The standard InChI is InChI=1S/C13H28N2O2/c1-6-14-13(4,12(16)17)8-7-9-15(5)10-11(2)3/h11,14H,6-10H2,1-5H3,(H,16,17). The zero-order valence-electron chi connectivity index (χ0n) is 11.9. The van der Waals surface area contributed by atoms with E-state index < -0.39 is 11.5 Å². The minimum absolute atomic E-state index is 0.652. The van der Waals surface area contributed by atoms with Gasteiger partial charge in [0.15, 0.2) is 0 Å². The first kappa shape index (κ1) is 16.4. The Morgan fingerprint density at radius 3 is 2.47 bits per heavy atom. The second kappa shape index (κ2) is 7.67. The van der Waals surface area contributed by atoms with E-state index in [1.165, 1.54) is 0 Å². The summed E-state index contributed by atoms with van der Waals surface area (Å²) in [6.45, 7) is 10.8. The SMILES string of the molecule is CCNC(C)(CCCN(C)CC(C)C)C(=O)O. The van der Waals surface area contributed by atoms with E-state index in [9.17, 15) is 9.90 Å². The Bertz CT molecular complexity index is 231. The Morgan fingerprint density at radius 1 is 1.47 bits per heavy atom. The molecule has 0 saturated heterocycles. The molecule has 0 saturated carbocycles. The van der Waals surface area contributed by atoms with Gasteiger partial charge >= 0.3 is 5.97 Å². The molecule has 0 aliphatic carbocycles. The molecule has 17 heavy (non-hydrogen) atoms. The molecule has 1 unspecified atom stereocenters. The van der Waals surface area contributed by atoms with Crippen molar-refractivity contribution < 1.29 is 9.90 Å². The van der Waals surface area contributed by atoms with E-state index in [-0.39, 0.29) is 0 Å². The predicted molar refractivity (Wildman–Crippen MR) is 71.3 cm³/mol. The molecule has 0 fully saturated rings. The normalized spacial score (nSPS) is 15.2. The van der Waals surface area contributed by atoms with Gasteiger partial charge < -0.3 is 15.3 Å². The highest BCUT2D eigenvalue weighted by Crippen LogP contribution is 2.13. The molecule has 0 amide bonds. The van der Waals surface area contributed by atoms with Crippen molar-refractivity contribution in [2.24, 2.45) is 5.92 Å². The summed E-state index contributed by atoms with van der Waals surface area (Å²) in [5.41, 5.74) is -0.784. The van der Waals surface area contributed by atoms with Crippen LogP contribution in [-0.2, 0) is 4.79 Å². The molecule has 0 aromatic heterocycles. The van der Waals surface area contributed by atoms with Gasteiger partial charge in [0.1, 0.15) is 5.54 Å². The average molecular weight is 244 g/mol. The summed E-state index contributed by atoms with van der Waals surface area (Å²) in [5.74, 6) is -0.106. The van der Waals surface area contributed by atoms with Crippen LogP contribution >= 0.6 is 0 Å². The summed E-state index contributed by atoms with van der Waals surface area (Å²) in [7, 11) is 2.09. The zero-order valence-corrected chi connectivity index (χ0v) is 11.9. The molecule has 1 atom stereocenters. The van der Waals surface area contributed by atoms with Crippen molar-refractivity contribution in [2.45, 2.75) is 46.1 Å². The van der Waals surface area contributed by atoms with Crippen LogP contribution in [0.4, 0.5) is 0 Å². The van der Waals surface area contributed by atoms with Gasteiger partial charge in [0.25, 0.3) is 0 Å². The molecule has 4 heteroatoms. The molecular formula is C13H28N2O2. The quantitative estimate of drug-likeness (QED) is 0.649. The first-order valence-corrected chi connectivity index (χ1v) is 6.48. The van der Waals surface area contributed by atoms with Gasteiger partial charge in [-0.3, -0.25) is 4.79 Å². The number of rotatable bonds is 9. The van der Waals surface area contributed by atoms with Crippen molar-refractivity contribution in [3.05, 3.63) is 0 Å². The number of hydrogen-bond donors (Lipinski definition) is 2. The fraction of sp³-hybridized carbons (Fsp3) is 0.923. The van der Waals surface area contributed by atoms with Crippen molar-refractivity contribution in [2.75, 3.05) is 26.7 Å². The number of likely N-dealkylation sites (N-methyl/N-ethyl adjacent to an activating group) is 1. The van der Waals surface area contributed by atoms with Crippen LogP contribution in [0.25, 0.3) is 0 Å². The van der Waals surface area contributed by atoms with Crippen LogP contribution in [0, 0.1) is 5.92 Å². The van der Waals surface area contributed by atoms with Crippen LogP contribution in [-0.4, -0.2) is 48.2 Å². The Hall–Kier alpha value is -0.610. The van der Waals surface area contributed by atoms with Crippen molar-refractivity contribution in [3.8, 4) is 0 Å². The molecular weight excluding hydrogens is 216 g/mol. The summed E-state index contributed by atoms with van der Waals surface area (Å²) in [5, 5.41) is 12.3. The first-order valence-electron chi connectivity index (χ1n) is 6.48. The molecule has 0 radical (unpaired) electrons. The van der Waals surface area contributed by atoms with E-state index in [0.717, 1.165) is 19.5 Å². The van der Waals surface area contributed by atoms with E-state index >= 15 is 0 Å². The third kappa shape index (κ3) is 6.64. The second-order valence-electron chi connectivity index (χ2n) is 5.43. The Morgan fingerprint density at radius 2 is 2.06 bits per heavy atom. The van der Waals surface area contributed by atoms with Gasteiger partial charge in [0, 0.05) is 6.54 Å². The smallest absolute Gasteiger partial charge is 0.323 e. The maximum absolute atomic E-state index is 11.2. The van der Waals surface area contributed by atoms with Crippen LogP contribution in [0.2, 0.25) is 0 Å². The lowest BCUT2D eigenvalue weighted by atomic mass is 9.95. The van der Waals surface area contributed by atoms with Crippen LogP contribution in [0.1, 0.15) is 40.5 Å².